The number of hydrogen-bond acceptors (Lipinski definition) is 3. The monoisotopic (exact) mass is 403 g/mol. The van der Waals surface area contributed by atoms with Crippen molar-refractivity contribution in [1.29, 1.82) is 0 Å². The minimum absolute atomic E-state index is 0.295. The van der Waals surface area contributed by atoms with E-state index in [2.05, 4.69) is 12.2 Å². The Hall–Kier alpha value is -1.46. The zero-order valence-electron chi connectivity index (χ0n) is 15.1. The number of rotatable bonds is 13. The smallest absolute Gasteiger partial charge is 0.326 e. The minimum atomic E-state index is -1.03. The fraction of sp³-hybridized carbons (Fsp3) is 0.579. The van der Waals surface area contributed by atoms with Crippen molar-refractivity contribution >= 4 is 35.1 Å². The molecule has 2 N–H and O–H groups in total. The molecule has 5 nitrogen and oxygen atoms in total. The van der Waals surface area contributed by atoms with Gasteiger partial charge in [0.2, 0.25) is 0 Å². The average molecular weight is 404 g/mol. The zero-order chi connectivity index (χ0) is 19.4. The number of carbonyl (C=O) groups excluding carboxylic acids is 1. The number of amides is 1. The van der Waals surface area contributed by atoms with Gasteiger partial charge in [-0.25, -0.2) is 4.79 Å². The first-order valence-electron chi connectivity index (χ1n) is 9.04. The summed E-state index contributed by atoms with van der Waals surface area (Å²) in [6, 6.07) is 3.77. The number of halogens is 2. The van der Waals surface area contributed by atoms with Crippen molar-refractivity contribution < 1.29 is 19.4 Å². The lowest BCUT2D eigenvalue weighted by molar-refractivity contribution is -0.142. The molecule has 1 unspecified atom stereocenters. The molecule has 1 atom stereocenters. The predicted octanol–water partition coefficient (Wildman–Crippen LogP) is 5.08. The van der Waals surface area contributed by atoms with E-state index in [-0.39, 0.29) is 6.61 Å². The van der Waals surface area contributed by atoms with E-state index in [1.165, 1.54) is 31.7 Å². The Bertz CT molecular complexity index is 581. The maximum absolute atomic E-state index is 11.9. The van der Waals surface area contributed by atoms with Crippen molar-refractivity contribution in [2.75, 3.05) is 6.61 Å². The average Bonchev–Trinajstić information content (AvgIpc) is 2.59. The summed E-state index contributed by atoms with van der Waals surface area (Å²) in [5, 5.41) is 12.5. The highest BCUT2D eigenvalue weighted by atomic mass is 35.5. The quantitative estimate of drug-likeness (QED) is 0.450. The lowest BCUT2D eigenvalue weighted by Gasteiger charge is -2.15. The first kappa shape index (κ1) is 22.6. The van der Waals surface area contributed by atoms with E-state index in [1.54, 1.807) is 12.1 Å². The largest absolute Gasteiger partial charge is 0.482 e. The summed E-state index contributed by atoms with van der Waals surface area (Å²) in [5.74, 6) is -1.20. The fourth-order valence-electron chi connectivity index (χ4n) is 2.53. The molecule has 1 amide bonds. The third-order valence-electron chi connectivity index (χ3n) is 3.98. The molecule has 0 radical (unpaired) electrons. The van der Waals surface area contributed by atoms with Crippen molar-refractivity contribution in [2.45, 2.75) is 64.3 Å². The summed E-state index contributed by atoms with van der Waals surface area (Å²) >= 11 is 11.8. The highest BCUT2D eigenvalue weighted by Crippen LogP contribution is 2.27. The van der Waals surface area contributed by atoms with Crippen LogP contribution in [0.15, 0.2) is 18.2 Å². The van der Waals surface area contributed by atoms with Crippen molar-refractivity contribution in [3.8, 4) is 5.75 Å². The summed E-state index contributed by atoms with van der Waals surface area (Å²) < 4.78 is 5.32. The van der Waals surface area contributed by atoms with E-state index in [1.807, 2.05) is 0 Å². The third-order valence-corrected chi connectivity index (χ3v) is 4.51. The van der Waals surface area contributed by atoms with Crippen LogP contribution in [-0.2, 0) is 9.59 Å². The van der Waals surface area contributed by atoms with Crippen LogP contribution in [0.4, 0.5) is 0 Å². The van der Waals surface area contributed by atoms with Gasteiger partial charge in [-0.15, -0.1) is 0 Å². The van der Waals surface area contributed by atoms with Crippen LogP contribution >= 0.6 is 23.2 Å². The van der Waals surface area contributed by atoms with Gasteiger partial charge in [0.15, 0.2) is 6.61 Å². The van der Waals surface area contributed by atoms with Gasteiger partial charge in [-0.3, -0.25) is 4.79 Å². The molecule has 0 spiro atoms. The maximum Gasteiger partial charge on any atom is 0.326 e. The molecule has 0 aromatic heterocycles. The van der Waals surface area contributed by atoms with Crippen molar-refractivity contribution in [3.63, 3.8) is 0 Å². The van der Waals surface area contributed by atoms with Gasteiger partial charge >= 0.3 is 5.97 Å². The number of benzene rings is 1. The van der Waals surface area contributed by atoms with Crippen LogP contribution in [-0.4, -0.2) is 29.6 Å². The number of ether oxygens (including phenoxy) is 1. The number of unbranched alkanes of at least 4 members (excludes halogenated alkanes) is 6. The van der Waals surface area contributed by atoms with Crippen LogP contribution in [0.5, 0.6) is 5.75 Å². The number of nitrogens with one attached hydrogen (secondary N) is 1. The predicted molar refractivity (Wildman–Crippen MR) is 104 cm³/mol. The van der Waals surface area contributed by atoms with E-state index in [4.69, 9.17) is 27.9 Å². The molecule has 0 aliphatic rings. The van der Waals surface area contributed by atoms with Crippen LogP contribution in [0.3, 0.4) is 0 Å². The van der Waals surface area contributed by atoms with Crippen molar-refractivity contribution in [1.82, 2.24) is 5.32 Å². The van der Waals surface area contributed by atoms with E-state index in [0.29, 0.717) is 22.2 Å². The third kappa shape index (κ3) is 9.30. The highest BCUT2D eigenvalue weighted by molar-refractivity contribution is 6.35. The van der Waals surface area contributed by atoms with Gasteiger partial charge < -0.3 is 15.2 Å². The molecule has 0 aliphatic carbocycles. The molecule has 0 heterocycles. The van der Waals surface area contributed by atoms with Crippen molar-refractivity contribution in [2.24, 2.45) is 0 Å². The highest BCUT2D eigenvalue weighted by Gasteiger charge is 2.19. The SMILES string of the molecule is CCCCCCCCCC(NC(=O)COc1ccc(Cl)cc1Cl)C(=O)O. The molecule has 1 rings (SSSR count). The molecule has 0 saturated heterocycles. The number of carbonyl (C=O) groups is 2. The Morgan fingerprint density at radius 3 is 2.38 bits per heavy atom. The second-order valence-electron chi connectivity index (χ2n) is 6.23. The Labute approximate surface area is 165 Å². The van der Waals surface area contributed by atoms with Gasteiger partial charge in [-0.1, -0.05) is 75.1 Å². The molecule has 0 saturated carbocycles. The molecule has 0 bridgehead atoms. The molecule has 0 aliphatic heterocycles. The Morgan fingerprint density at radius 1 is 1.12 bits per heavy atom. The number of carboxylic acids is 1. The molecular formula is C19H27Cl2NO4. The summed E-state index contributed by atoms with van der Waals surface area (Å²) in [4.78, 5) is 23.3. The Kier molecular flexibility index (Phi) is 11.1. The first-order chi connectivity index (χ1) is 12.4. The molecule has 146 valence electrons. The van der Waals surface area contributed by atoms with Gasteiger partial charge in [-0.2, -0.15) is 0 Å². The second-order valence-corrected chi connectivity index (χ2v) is 7.08. The van der Waals surface area contributed by atoms with Crippen LogP contribution in [0, 0.1) is 0 Å². The molecule has 7 heteroatoms. The van der Waals surface area contributed by atoms with Crippen LogP contribution in [0.2, 0.25) is 10.0 Å². The molecule has 26 heavy (non-hydrogen) atoms. The van der Waals surface area contributed by atoms with Gasteiger partial charge in [-0.05, 0) is 24.6 Å². The molecular weight excluding hydrogens is 377 g/mol. The Balaban J connectivity index is 2.32. The number of hydrogen-bond donors (Lipinski definition) is 2. The van der Waals surface area contributed by atoms with E-state index in [9.17, 15) is 14.7 Å². The lowest BCUT2D eigenvalue weighted by Crippen LogP contribution is -2.42. The van der Waals surface area contributed by atoms with Crippen molar-refractivity contribution in [3.05, 3.63) is 28.2 Å². The fourth-order valence-corrected chi connectivity index (χ4v) is 3.00. The standard InChI is InChI=1S/C19H27Cl2NO4/c1-2-3-4-5-6-7-8-9-16(19(24)25)22-18(23)13-26-17-11-10-14(20)12-15(17)21/h10-12,16H,2-9,13H2,1H3,(H,22,23)(H,24,25). The van der Waals surface area contributed by atoms with Gasteiger partial charge in [0.1, 0.15) is 11.8 Å². The molecule has 0 fully saturated rings. The Morgan fingerprint density at radius 2 is 1.77 bits per heavy atom. The van der Waals surface area contributed by atoms with E-state index in [0.717, 1.165) is 19.3 Å². The zero-order valence-corrected chi connectivity index (χ0v) is 16.6. The number of carboxylic acid groups (broad SMARTS) is 1. The molecule has 1 aromatic rings. The van der Waals surface area contributed by atoms with E-state index < -0.39 is 17.9 Å². The lowest BCUT2D eigenvalue weighted by atomic mass is 10.1. The summed E-state index contributed by atoms with van der Waals surface area (Å²) in [7, 11) is 0. The maximum atomic E-state index is 11.9. The van der Waals surface area contributed by atoms with E-state index >= 15 is 0 Å². The number of aliphatic carboxylic acids is 1. The van der Waals surface area contributed by atoms with Crippen LogP contribution in [0.25, 0.3) is 0 Å². The second kappa shape index (κ2) is 12.8. The molecule has 1 aromatic carbocycles. The topological polar surface area (TPSA) is 75.6 Å². The summed E-state index contributed by atoms with van der Waals surface area (Å²) in [6.07, 6.45) is 8.10. The summed E-state index contributed by atoms with van der Waals surface area (Å²) in [5.41, 5.74) is 0. The van der Waals surface area contributed by atoms with Gasteiger partial charge in [0.05, 0.1) is 5.02 Å². The van der Waals surface area contributed by atoms with Crippen LogP contribution < -0.4 is 10.1 Å². The van der Waals surface area contributed by atoms with Gasteiger partial charge in [0, 0.05) is 5.02 Å². The van der Waals surface area contributed by atoms with Gasteiger partial charge in [0.25, 0.3) is 5.91 Å². The summed E-state index contributed by atoms with van der Waals surface area (Å²) in [6.45, 7) is 1.87. The minimum Gasteiger partial charge on any atom is -0.482 e. The normalized spacial score (nSPS) is 11.8. The van der Waals surface area contributed by atoms with Crippen LogP contribution in [0.1, 0.15) is 58.3 Å². The first-order valence-corrected chi connectivity index (χ1v) is 9.79.